The highest BCUT2D eigenvalue weighted by molar-refractivity contribution is 6.29. The van der Waals surface area contributed by atoms with E-state index in [-0.39, 0.29) is 0 Å². The molecule has 0 amide bonds. The van der Waals surface area contributed by atoms with Crippen molar-refractivity contribution < 1.29 is 0 Å². The smallest absolute Gasteiger partial charge is 0.134 e. The molecule has 70 valence electrons. The van der Waals surface area contributed by atoms with Gasteiger partial charge in [-0.2, -0.15) is 0 Å². The van der Waals surface area contributed by atoms with Crippen molar-refractivity contribution in [2.75, 3.05) is 5.32 Å². The molecule has 0 aliphatic heterocycles. The Bertz CT molecular complexity index is 418. The van der Waals surface area contributed by atoms with E-state index in [1.165, 1.54) is 6.33 Å². The van der Waals surface area contributed by atoms with Crippen LogP contribution in [0, 0.1) is 0 Å². The summed E-state index contributed by atoms with van der Waals surface area (Å²) >= 11 is 5.73. The standard InChI is InChI=1S/C9H7ClN4/c10-7-2-1-3-9(13-7)14-8-4-5-11-6-12-8/h1-6H,(H,11,12,13,14). The molecule has 0 spiro atoms. The van der Waals surface area contributed by atoms with Crippen LogP contribution in [-0.4, -0.2) is 15.0 Å². The maximum atomic E-state index is 5.73. The van der Waals surface area contributed by atoms with Crippen LogP contribution >= 0.6 is 11.6 Å². The van der Waals surface area contributed by atoms with Crippen LogP contribution in [0.4, 0.5) is 11.6 Å². The highest BCUT2D eigenvalue weighted by atomic mass is 35.5. The molecule has 0 aliphatic carbocycles. The first-order chi connectivity index (χ1) is 6.84. The number of rotatable bonds is 2. The van der Waals surface area contributed by atoms with Crippen LogP contribution in [0.25, 0.3) is 0 Å². The molecule has 0 saturated carbocycles. The second kappa shape index (κ2) is 4.02. The van der Waals surface area contributed by atoms with Crippen molar-refractivity contribution in [2.45, 2.75) is 0 Å². The van der Waals surface area contributed by atoms with Crippen molar-refractivity contribution in [3.8, 4) is 0 Å². The average Bonchev–Trinajstić information content (AvgIpc) is 2.19. The number of nitrogens with zero attached hydrogens (tertiary/aromatic N) is 3. The van der Waals surface area contributed by atoms with Crippen molar-refractivity contribution in [2.24, 2.45) is 0 Å². The molecule has 1 N–H and O–H groups in total. The fourth-order valence-electron chi connectivity index (χ4n) is 0.974. The van der Waals surface area contributed by atoms with Gasteiger partial charge in [-0.05, 0) is 18.2 Å². The van der Waals surface area contributed by atoms with Gasteiger partial charge in [-0.1, -0.05) is 17.7 Å². The molecule has 5 heteroatoms. The van der Waals surface area contributed by atoms with Gasteiger partial charge in [-0.25, -0.2) is 15.0 Å². The van der Waals surface area contributed by atoms with Crippen LogP contribution in [0.2, 0.25) is 5.15 Å². The van der Waals surface area contributed by atoms with E-state index in [1.807, 2.05) is 12.1 Å². The summed E-state index contributed by atoms with van der Waals surface area (Å²) in [6.45, 7) is 0. The van der Waals surface area contributed by atoms with Crippen molar-refractivity contribution >= 4 is 23.2 Å². The molecular formula is C9H7ClN4. The molecule has 2 aromatic rings. The van der Waals surface area contributed by atoms with E-state index in [1.54, 1.807) is 18.3 Å². The van der Waals surface area contributed by atoms with Crippen molar-refractivity contribution in [3.05, 3.63) is 41.9 Å². The lowest BCUT2D eigenvalue weighted by Gasteiger charge is -2.02. The summed E-state index contributed by atoms with van der Waals surface area (Å²) in [5, 5.41) is 3.45. The first kappa shape index (κ1) is 8.90. The van der Waals surface area contributed by atoms with Crippen molar-refractivity contribution in [3.63, 3.8) is 0 Å². The van der Waals surface area contributed by atoms with Crippen LogP contribution in [0.1, 0.15) is 0 Å². The number of halogens is 1. The SMILES string of the molecule is Clc1cccc(Nc2ccncn2)n1. The maximum absolute atomic E-state index is 5.73. The molecule has 0 radical (unpaired) electrons. The molecule has 14 heavy (non-hydrogen) atoms. The van der Waals surface area contributed by atoms with Crippen molar-refractivity contribution in [1.82, 2.24) is 15.0 Å². The van der Waals surface area contributed by atoms with Gasteiger partial charge in [0, 0.05) is 6.20 Å². The lowest BCUT2D eigenvalue weighted by Crippen LogP contribution is -1.95. The van der Waals surface area contributed by atoms with Crippen LogP contribution in [-0.2, 0) is 0 Å². The highest BCUT2D eigenvalue weighted by Gasteiger charge is 1.96. The van der Waals surface area contributed by atoms with Gasteiger partial charge in [-0.3, -0.25) is 0 Å². The van der Waals surface area contributed by atoms with Gasteiger partial charge in [0.25, 0.3) is 0 Å². The van der Waals surface area contributed by atoms with Gasteiger partial charge in [0.1, 0.15) is 23.1 Å². The molecule has 2 aromatic heterocycles. The molecule has 2 heterocycles. The molecule has 0 saturated heterocycles. The minimum atomic E-state index is 0.448. The first-order valence-electron chi connectivity index (χ1n) is 4.00. The second-order valence-electron chi connectivity index (χ2n) is 2.57. The number of anilines is 2. The topological polar surface area (TPSA) is 50.7 Å². The number of nitrogens with one attached hydrogen (secondary N) is 1. The Labute approximate surface area is 86.0 Å². The monoisotopic (exact) mass is 206 g/mol. The quantitative estimate of drug-likeness (QED) is 0.766. The van der Waals surface area contributed by atoms with Crippen LogP contribution in [0.3, 0.4) is 0 Å². The van der Waals surface area contributed by atoms with Crippen LogP contribution in [0.15, 0.2) is 36.8 Å². The molecule has 0 atom stereocenters. The Kier molecular flexibility index (Phi) is 2.55. The Morgan fingerprint density at radius 2 is 2.07 bits per heavy atom. The fourth-order valence-corrected chi connectivity index (χ4v) is 1.14. The minimum absolute atomic E-state index is 0.448. The summed E-state index contributed by atoms with van der Waals surface area (Å²) < 4.78 is 0. The van der Waals surface area contributed by atoms with E-state index in [2.05, 4.69) is 20.3 Å². The van der Waals surface area contributed by atoms with Gasteiger partial charge < -0.3 is 5.32 Å². The normalized spacial score (nSPS) is 9.79. The second-order valence-corrected chi connectivity index (χ2v) is 2.95. The summed E-state index contributed by atoms with van der Waals surface area (Å²) in [5.74, 6) is 1.35. The Balaban J connectivity index is 2.19. The van der Waals surface area contributed by atoms with E-state index in [0.717, 1.165) is 0 Å². The summed E-state index contributed by atoms with van der Waals surface area (Å²) in [5.41, 5.74) is 0. The Morgan fingerprint density at radius 1 is 1.14 bits per heavy atom. The Hall–Kier alpha value is -1.68. The molecular weight excluding hydrogens is 200 g/mol. The van der Waals surface area contributed by atoms with Gasteiger partial charge in [0.2, 0.25) is 0 Å². The van der Waals surface area contributed by atoms with Crippen molar-refractivity contribution in [1.29, 1.82) is 0 Å². The zero-order chi connectivity index (χ0) is 9.80. The average molecular weight is 207 g/mol. The molecule has 0 aromatic carbocycles. The van der Waals surface area contributed by atoms with Gasteiger partial charge in [0.05, 0.1) is 0 Å². The number of aromatic nitrogens is 3. The predicted molar refractivity (Wildman–Crippen MR) is 54.6 cm³/mol. The van der Waals surface area contributed by atoms with E-state index in [9.17, 15) is 0 Å². The number of hydrogen-bond acceptors (Lipinski definition) is 4. The molecule has 0 bridgehead atoms. The van der Waals surface area contributed by atoms with Crippen LogP contribution < -0.4 is 5.32 Å². The third kappa shape index (κ3) is 2.17. The molecule has 0 fully saturated rings. The predicted octanol–water partition coefficient (Wildman–Crippen LogP) is 2.27. The fraction of sp³-hybridized carbons (Fsp3) is 0. The third-order valence-electron chi connectivity index (χ3n) is 1.55. The van der Waals surface area contributed by atoms with Gasteiger partial charge in [-0.15, -0.1) is 0 Å². The highest BCUT2D eigenvalue weighted by Crippen LogP contribution is 2.13. The van der Waals surface area contributed by atoms with E-state index >= 15 is 0 Å². The first-order valence-corrected chi connectivity index (χ1v) is 4.38. The van der Waals surface area contributed by atoms with Crippen LogP contribution in [0.5, 0.6) is 0 Å². The third-order valence-corrected chi connectivity index (χ3v) is 1.76. The maximum Gasteiger partial charge on any atom is 0.134 e. The number of pyridine rings is 1. The van der Waals surface area contributed by atoms with Gasteiger partial charge >= 0.3 is 0 Å². The van der Waals surface area contributed by atoms with Gasteiger partial charge in [0.15, 0.2) is 0 Å². The van der Waals surface area contributed by atoms with E-state index < -0.39 is 0 Å². The lowest BCUT2D eigenvalue weighted by atomic mass is 10.4. The molecule has 0 aliphatic rings. The number of hydrogen-bond donors (Lipinski definition) is 1. The van der Waals surface area contributed by atoms with E-state index in [0.29, 0.717) is 16.8 Å². The summed E-state index contributed by atoms with van der Waals surface area (Å²) in [6.07, 6.45) is 3.12. The zero-order valence-electron chi connectivity index (χ0n) is 7.18. The minimum Gasteiger partial charge on any atom is -0.325 e. The summed E-state index contributed by atoms with van der Waals surface area (Å²) in [6, 6.07) is 7.10. The summed E-state index contributed by atoms with van der Waals surface area (Å²) in [4.78, 5) is 11.9. The lowest BCUT2D eigenvalue weighted by molar-refractivity contribution is 1.16. The molecule has 0 unspecified atom stereocenters. The zero-order valence-corrected chi connectivity index (χ0v) is 7.94. The Morgan fingerprint density at radius 3 is 2.79 bits per heavy atom. The molecule has 4 nitrogen and oxygen atoms in total. The van der Waals surface area contributed by atoms with E-state index in [4.69, 9.17) is 11.6 Å². The molecule has 2 rings (SSSR count). The largest absolute Gasteiger partial charge is 0.325 e. The summed E-state index contributed by atoms with van der Waals surface area (Å²) in [7, 11) is 0.